The topological polar surface area (TPSA) is 23.6 Å². The molecule has 1 aliphatic heterocycles. The van der Waals surface area contributed by atoms with Gasteiger partial charge in [-0.1, -0.05) is 0 Å². The number of amides is 1. The molecule has 1 amide bonds. The molecule has 1 rings (SSSR count). The molecular weight excluding hydrogens is 160 g/mol. The second-order valence-electron chi connectivity index (χ2n) is 2.37. The standard InChI is InChI=1S/C7H13N2OS/c1-2-8(7-10)9-3-5-11-6-4-9/h2-6H2,1H3. The molecule has 0 aromatic rings. The van der Waals surface area contributed by atoms with Crippen molar-refractivity contribution in [3.8, 4) is 0 Å². The average Bonchev–Trinajstić information content (AvgIpc) is 2.09. The van der Waals surface area contributed by atoms with E-state index in [1.807, 2.05) is 25.1 Å². The lowest BCUT2D eigenvalue weighted by Crippen LogP contribution is -2.46. The normalized spacial score (nSPS) is 19.7. The molecule has 11 heavy (non-hydrogen) atoms. The van der Waals surface area contributed by atoms with Gasteiger partial charge in [0, 0.05) is 31.1 Å². The highest BCUT2D eigenvalue weighted by atomic mass is 32.2. The van der Waals surface area contributed by atoms with Gasteiger partial charge < -0.3 is 0 Å². The molecule has 1 aliphatic rings. The van der Waals surface area contributed by atoms with Crippen LogP contribution in [0, 0.1) is 0 Å². The fraction of sp³-hybridized carbons (Fsp3) is 0.857. The number of hydrazine groups is 1. The second-order valence-corrected chi connectivity index (χ2v) is 3.60. The van der Waals surface area contributed by atoms with Crippen molar-refractivity contribution in [3.05, 3.63) is 0 Å². The average molecular weight is 173 g/mol. The Morgan fingerprint density at radius 1 is 1.55 bits per heavy atom. The molecule has 0 aromatic carbocycles. The maximum Gasteiger partial charge on any atom is 0.327 e. The van der Waals surface area contributed by atoms with Crippen LogP contribution in [0.25, 0.3) is 0 Å². The van der Waals surface area contributed by atoms with Crippen LogP contribution in [0.3, 0.4) is 0 Å². The van der Waals surface area contributed by atoms with E-state index in [-0.39, 0.29) is 0 Å². The summed E-state index contributed by atoms with van der Waals surface area (Å²) in [4.78, 5) is 10.4. The minimum Gasteiger partial charge on any atom is -0.267 e. The fourth-order valence-corrected chi connectivity index (χ4v) is 2.00. The predicted octanol–water partition coefficient (Wildman–Crippen LogP) is 0.339. The molecule has 0 unspecified atom stereocenters. The van der Waals surface area contributed by atoms with Crippen LogP contribution in [-0.4, -0.2) is 47.6 Å². The minimum absolute atomic E-state index is 0.730. The second kappa shape index (κ2) is 4.62. The monoisotopic (exact) mass is 173 g/mol. The molecule has 1 heterocycles. The van der Waals surface area contributed by atoms with E-state index >= 15 is 0 Å². The molecule has 4 heteroatoms. The summed E-state index contributed by atoms with van der Waals surface area (Å²) < 4.78 is 0. The highest BCUT2D eigenvalue weighted by Gasteiger charge is 2.15. The Labute approximate surface area is 71.7 Å². The molecule has 63 valence electrons. The molecular formula is C7H13N2OS. The van der Waals surface area contributed by atoms with E-state index in [1.54, 1.807) is 5.01 Å². The van der Waals surface area contributed by atoms with Gasteiger partial charge in [0.25, 0.3) is 0 Å². The summed E-state index contributed by atoms with van der Waals surface area (Å²) in [5, 5.41) is 3.68. The summed E-state index contributed by atoms with van der Waals surface area (Å²) in [6.45, 7) is 4.66. The van der Waals surface area contributed by atoms with Crippen molar-refractivity contribution >= 4 is 18.2 Å². The molecule has 1 fully saturated rings. The summed E-state index contributed by atoms with van der Waals surface area (Å²) in [5.41, 5.74) is 0. The Kier molecular flexibility index (Phi) is 3.72. The Bertz CT molecular complexity index is 126. The van der Waals surface area contributed by atoms with Crippen LogP contribution in [0.5, 0.6) is 0 Å². The van der Waals surface area contributed by atoms with Gasteiger partial charge in [0.1, 0.15) is 0 Å². The molecule has 3 nitrogen and oxygen atoms in total. The number of nitrogens with zero attached hydrogens (tertiary/aromatic N) is 2. The Hall–Kier alpha value is -0.220. The first-order valence-electron chi connectivity index (χ1n) is 3.86. The van der Waals surface area contributed by atoms with Crippen LogP contribution in [0.15, 0.2) is 0 Å². The summed E-state index contributed by atoms with van der Waals surface area (Å²) >= 11 is 1.94. The Morgan fingerprint density at radius 2 is 2.18 bits per heavy atom. The summed E-state index contributed by atoms with van der Waals surface area (Å²) in [7, 11) is 0. The van der Waals surface area contributed by atoms with E-state index in [9.17, 15) is 4.79 Å². The fourth-order valence-electron chi connectivity index (χ4n) is 1.12. The van der Waals surface area contributed by atoms with Gasteiger partial charge in [0.2, 0.25) is 0 Å². The zero-order valence-corrected chi connectivity index (χ0v) is 7.56. The van der Waals surface area contributed by atoms with Gasteiger partial charge in [0.15, 0.2) is 0 Å². The predicted molar refractivity (Wildman–Crippen MR) is 47.0 cm³/mol. The minimum atomic E-state index is 0.730. The molecule has 0 aliphatic carbocycles. The molecule has 0 saturated carbocycles. The van der Waals surface area contributed by atoms with E-state index in [0.29, 0.717) is 0 Å². The van der Waals surface area contributed by atoms with E-state index in [4.69, 9.17) is 0 Å². The van der Waals surface area contributed by atoms with Crippen LogP contribution in [0.4, 0.5) is 0 Å². The molecule has 0 spiro atoms. The van der Waals surface area contributed by atoms with Crippen molar-refractivity contribution in [3.63, 3.8) is 0 Å². The molecule has 0 atom stereocenters. The molecule has 0 bridgehead atoms. The van der Waals surface area contributed by atoms with Gasteiger partial charge in [-0.25, -0.2) is 5.01 Å². The first-order chi connectivity index (χ1) is 5.38. The van der Waals surface area contributed by atoms with Gasteiger partial charge in [-0.05, 0) is 6.92 Å². The zero-order chi connectivity index (χ0) is 8.10. The maximum absolute atomic E-state index is 10.4. The maximum atomic E-state index is 10.4. The quantitative estimate of drug-likeness (QED) is 0.575. The molecule has 0 aromatic heterocycles. The van der Waals surface area contributed by atoms with Crippen molar-refractivity contribution in [2.45, 2.75) is 6.92 Å². The van der Waals surface area contributed by atoms with Crippen LogP contribution in [0.1, 0.15) is 6.92 Å². The third kappa shape index (κ3) is 2.38. The zero-order valence-electron chi connectivity index (χ0n) is 6.75. The van der Waals surface area contributed by atoms with Gasteiger partial charge in [-0.2, -0.15) is 11.8 Å². The number of rotatable bonds is 3. The molecule has 1 radical (unpaired) electrons. The Balaban J connectivity index is 2.35. The SMILES string of the molecule is CCN([C]=O)N1CCSCC1. The summed E-state index contributed by atoms with van der Waals surface area (Å²) in [6.07, 6.45) is 1.92. The third-order valence-corrected chi connectivity index (χ3v) is 2.68. The van der Waals surface area contributed by atoms with Crippen molar-refractivity contribution < 1.29 is 4.79 Å². The van der Waals surface area contributed by atoms with Gasteiger partial charge in [0.05, 0.1) is 0 Å². The summed E-state index contributed by atoms with van der Waals surface area (Å²) in [5.74, 6) is 2.25. The smallest absolute Gasteiger partial charge is 0.267 e. The van der Waals surface area contributed by atoms with Crippen LogP contribution < -0.4 is 0 Å². The van der Waals surface area contributed by atoms with Gasteiger partial charge in [-0.15, -0.1) is 0 Å². The van der Waals surface area contributed by atoms with E-state index in [2.05, 4.69) is 5.01 Å². The Morgan fingerprint density at radius 3 is 2.64 bits per heavy atom. The van der Waals surface area contributed by atoms with Crippen molar-refractivity contribution in [2.75, 3.05) is 31.1 Å². The molecule has 0 N–H and O–H groups in total. The first kappa shape index (κ1) is 8.87. The highest BCUT2D eigenvalue weighted by molar-refractivity contribution is 7.99. The van der Waals surface area contributed by atoms with Crippen molar-refractivity contribution in [1.29, 1.82) is 0 Å². The van der Waals surface area contributed by atoms with E-state index in [1.165, 1.54) is 0 Å². The molecule has 1 saturated heterocycles. The summed E-state index contributed by atoms with van der Waals surface area (Å²) in [6, 6.07) is 0. The van der Waals surface area contributed by atoms with E-state index < -0.39 is 0 Å². The van der Waals surface area contributed by atoms with Gasteiger partial charge >= 0.3 is 6.41 Å². The van der Waals surface area contributed by atoms with Crippen LogP contribution >= 0.6 is 11.8 Å². The van der Waals surface area contributed by atoms with Crippen molar-refractivity contribution in [2.24, 2.45) is 0 Å². The highest BCUT2D eigenvalue weighted by Crippen LogP contribution is 2.10. The van der Waals surface area contributed by atoms with Crippen molar-refractivity contribution in [1.82, 2.24) is 10.0 Å². The van der Waals surface area contributed by atoms with E-state index in [0.717, 1.165) is 31.1 Å². The van der Waals surface area contributed by atoms with Crippen LogP contribution in [0.2, 0.25) is 0 Å². The third-order valence-electron chi connectivity index (χ3n) is 1.73. The van der Waals surface area contributed by atoms with Gasteiger partial charge in [-0.3, -0.25) is 9.80 Å². The lowest BCUT2D eigenvalue weighted by molar-refractivity contribution is 0.0584. The largest absolute Gasteiger partial charge is 0.327 e. The lowest BCUT2D eigenvalue weighted by Gasteiger charge is -2.32. The van der Waals surface area contributed by atoms with Crippen LogP contribution in [-0.2, 0) is 4.79 Å². The number of carbonyl (C=O) groups excluding carboxylic acids is 1. The lowest BCUT2D eigenvalue weighted by atomic mass is 10.6. The first-order valence-corrected chi connectivity index (χ1v) is 5.02. The number of thioether (sulfide) groups is 1. The number of hydrogen-bond donors (Lipinski definition) is 0. The number of hydrogen-bond acceptors (Lipinski definition) is 3.